The predicted molar refractivity (Wildman–Crippen MR) is 119 cm³/mol. The number of aliphatic carboxylic acids is 1. The van der Waals surface area contributed by atoms with E-state index in [1.807, 2.05) is 48.5 Å². The number of benzene rings is 2. The van der Waals surface area contributed by atoms with Gasteiger partial charge in [0.2, 0.25) is 5.88 Å². The molecule has 0 spiro atoms. The van der Waals surface area contributed by atoms with Gasteiger partial charge in [0.15, 0.2) is 5.69 Å². The van der Waals surface area contributed by atoms with Gasteiger partial charge in [-0.15, -0.1) is 0 Å². The van der Waals surface area contributed by atoms with Gasteiger partial charge in [-0.3, -0.25) is 10.1 Å². The molecule has 0 bridgehead atoms. The maximum Gasteiger partial charge on any atom is 0.414 e. The van der Waals surface area contributed by atoms with E-state index >= 15 is 0 Å². The minimum absolute atomic E-state index is 0.0891. The fraction of sp³-hybridized carbons (Fsp3) is 0.250. The first kappa shape index (κ1) is 22.1. The third-order valence-corrected chi connectivity index (χ3v) is 5.53. The van der Waals surface area contributed by atoms with Crippen LogP contribution in [0, 0.1) is 5.92 Å². The van der Waals surface area contributed by atoms with Crippen LogP contribution in [0.1, 0.15) is 41.4 Å². The van der Waals surface area contributed by atoms with Gasteiger partial charge >= 0.3 is 12.1 Å². The van der Waals surface area contributed by atoms with Gasteiger partial charge < -0.3 is 19.7 Å². The Bertz CT molecular complexity index is 1160. The number of carbonyl (C=O) groups is 3. The van der Waals surface area contributed by atoms with Crippen molar-refractivity contribution in [1.29, 1.82) is 0 Å². The van der Waals surface area contributed by atoms with E-state index in [-0.39, 0.29) is 30.0 Å². The van der Waals surface area contributed by atoms with Crippen LogP contribution in [0.5, 0.6) is 0 Å². The molecule has 3 N–H and O–H groups in total. The summed E-state index contributed by atoms with van der Waals surface area (Å²) >= 11 is 0. The zero-order valence-corrected chi connectivity index (χ0v) is 18.1. The Morgan fingerprint density at radius 3 is 2.24 bits per heavy atom. The van der Waals surface area contributed by atoms with Gasteiger partial charge in [-0.2, -0.15) is 0 Å². The maximum atomic E-state index is 12.3. The quantitative estimate of drug-likeness (QED) is 0.499. The monoisotopic (exact) mass is 449 g/mol. The average molecular weight is 449 g/mol. The van der Waals surface area contributed by atoms with Gasteiger partial charge in [0.1, 0.15) is 12.6 Å². The van der Waals surface area contributed by atoms with Crippen molar-refractivity contribution in [2.24, 2.45) is 5.92 Å². The first-order valence-electron chi connectivity index (χ1n) is 10.5. The third kappa shape index (κ3) is 4.57. The standard InChI is InChI=1S/C24H23N3O6/c1-13(2)21(23(29)30)26-22(28)19-11-20(33-27-19)25-24(31)32-12-18-16-9-5-3-7-14(16)15-8-4-6-10-17(15)18/h3-11,13,18,21H,12H2,1-2H3,(H,25,31)(H,26,28)(H,29,30). The lowest BCUT2D eigenvalue weighted by atomic mass is 9.98. The number of fused-ring (bicyclic) bond motifs is 3. The summed E-state index contributed by atoms with van der Waals surface area (Å²) in [4.78, 5) is 35.8. The molecule has 3 aromatic rings. The third-order valence-electron chi connectivity index (χ3n) is 5.53. The van der Waals surface area contributed by atoms with Gasteiger partial charge in [0.25, 0.3) is 5.91 Å². The van der Waals surface area contributed by atoms with Crippen LogP contribution in [0.15, 0.2) is 59.1 Å². The minimum atomic E-state index is -1.15. The van der Waals surface area contributed by atoms with E-state index in [4.69, 9.17) is 9.26 Å². The molecule has 9 heteroatoms. The molecule has 0 saturated carbocycles. The van der Waals surface area contributed by atoms with E-state index < -0.39 is 24.0 Å². The Hall–Kier alpha value is -4.14. The first-order valence-corrected chi connectivity index (χ1v) is 10.5. The van der Waals surface area contributed by atoms with Crippen LogP contribution in [-0.2, 0) is 9.53 Å². The van der Waals surface area contributed by atoms with Crippen molar-refractivity contribution in [3.63, 3.8) is 0 Å². The molecule has 4 rings (SSSR count). The Morgan fingerprint density at radius 1 is 1.06 bits per heavy atom. The molecule has 0 fully saturated rings. The predicted octanol–water partition coefficient (Wildman–Crippen LogP) is 3.87. The lowest BCUT2D eigenvalue weighted by Crippen LogP contribution is -2.44. The molecule has 170 valence electrons. The number of amides is 2. The van der Waals surface area contributed by atoms with Crippen LogP contribution < -0.4 is 10.6 Å². The molecule has 1 aromatic heterocycles. The summed E-state index contributed by atoms with van der Waals surface area (Å²) < 4.78 is 10.4. The van der Waals surface area contributed by atoms with Crippen LogP contribution in [0.25, 0.3) is 11.1 Å². The highest BCUT2D eigenvalue weighted by Gasteiger charge is 2.29. The van der Waals surface area contributed by atoms with E-state index in [1.54, 1.807) is 13.8 Å². The van der Waals surface area contributed by atoms with Crippen LogP contribution in [0.3, 0.4) is 0 Å². The molecule has 0 saturated heterocycles. The van der Waals surface area contributed by atoms with Gasteiger partial charge in [0.05, 0.1) is 0 Å². The Kier molecular flexibility index (Phi) is 6.12. The number of anilines is 1. The number of nitrogens with one attached hydrogen (secondary N) is 2. The molecule has 9 nitrogen and oxygen atoms in total. The fourth-order valence-corrected chi connectivity index (χ4v) is 3.90. The van der Waals surface area contributed by atoms with Crippen molar-refractivity contribution >= 4 is 23.9 Å². The van der Waals surface area contributed by atoms with Crippen molar-refractivity contribution in [2.45, 2.75) is 25.8 Å². The molecular weight excluding hydrogens is 426 g/mol. The van der Waals surface area contributed by atoms with Gasteiger partial charge in [0, 0.05) is 12.0 Å². The van der Waals surface area contributed by atoms with Crippen molar-refractivity contribution in [1.82, 2.24) is 10.5 Å². The van der Waals surface area contributed by atoms with E-state index in [0.717, 1.165) is 22.3 Å². The van der Waals surface area contributed by atoms with E-state index in [1.165, 1.54) is 6.07 Å². The highest BCUT2D eigenvalue weighted by Crippen LogP contribution is 2.44. The van der Waals surface area contributed by atoms with E-state index in [2.05, 4.69) is 15.8 Å². The lowest BCUT2D eigenvalue weighted by Gasteiger charge is -2.16. The number of rotatable bonds is 7. The Labute approximate surface area is 189 Å². The summed E-state index contributed by atoms with van der Waals surface area (Å²) in [6.07, 6.45) is -0.759. The summed E-state index contributed by atoms with van der Waals surface area (Å²) in [6.45, 7) is 3.47. The molecule has 33 heavy (non-hydrogen) atoms. The number of ether oxygens (including phenoxy) is 1. The topological polar surface area (TPSA) is 131 Å². The first-order chi connectivity index (χ1) is 15.8. The second-order valence-electron chi connectivity index (χ2n) is 8.06. The summed E-state index contributed by atoms with van der Waals surface area (Å²) in [5.74, 6) is -2.38. The molecule has 1 heterocycles. The molecule has 1 aliphatic carbocycles. The van der Waals surface area contributed by atoms with Crippen molar-refractivity contribution in [3.8, 4) is 11.1 Å². The van der Waals surface area contributed by atoms with Crippen LogP contribution in [0.2, 0.25) is 0 Å². The number of hydrogen-bond acceptors (Lipinski definition) is 6. The van der Waals surface area contributed by atoms with Crippen LogP contribution in [-0.4, -0.2) is 40.9 Å². The van der Waals surface area contributed by atoms with Gasteiger partial charge in [-0.05, 0) is 28.2 Å². The summed E-state index contributed by atoms with van der Waals surface area (Å²) in [5, 5.41) is 17.6. The number of nitrogens with zero attached hydrogens (tertiary/aromatic N) is 1. The molecule has 1 atom stereocenters. The molecule has 0 radical (unpaired) electrons. The smallest absolute Gasteiger partial charge is 0.414 e. The second-order valence-corrected chi connectivity index (χ2v) is 8.06. The highest BCUT2D eigenvalue weighted by atomic mass is 16.6. The minimum Gasteiger partial charge on any atom is -0.480 e. The fourth-order valence-electron chi connectivity index (χ4n) is 3.90. The maximum absolute atomic E-state index is 12.3. The number of carboxylic acid groups (broad SMARTS) is 1. The zero-order valence-electron chi connectivity index (χ0n) is 18.1. The summed E-state index contributed by atoms with van der Waals surface area (Å²) in [6, 6.07) is 16.1. The molecule has 2 aromatic carbocycles. The van der Waals surface area contributed by atoms with Crippen molar-refractivity contribution in [3.05, 3.63) is 71.4 Å². The largest absolute Gasteiger partial charge is 0.480 e. The SMILES string of the molecule is CC(C)C(NC(=O)c1cc(NC(=O)OCC2c3ccccc3-c3ccccc32)on1)C(=O)O. The van der Waals surface area contributed by atoms with Crippen LogP contribution >= 0.6 is 0 Å². The molecule has 0 aliphatic heterocycles. The summed E-state index contributed by atoms with van der Waals surface area (Å²) in [5.41, 5.74) is 4.26. The van der Waals surface area contributed by atoms with E-state index in [9.17, 15) is 19.5 Å². The van der Waals surface area contributed by atoms with Crippen molar-refractivity contribution in [2.75, 3.05) is 11.9 Å². The van der Waals surface area contributed by atoms with Gasteiger partial charge in [-0.25, -0.2) is 9.59 Å². The zero-order chi connectivity index (χ0) is 23.5. The van der Waals surface area contributed by atoms with Crippen molar-refractivity contribution < 1.29 is 28.8 Å². The molecular formula is C24H23N3O6. The number of hydrogen-bond donors (Lipinski definition) is 3. The molecule has 1 aliphatic rings. The Balaban J connectivity index is 1.37. The number of carboxylic acids is 1. The summed E-state index contributed by atoms with van der Waals surface area (Å²) in [7, 11) is 0. The van der Waals surface area contributed by atoms with Gasteiger partial charge in [-0.1, -0.05) is 67.5 Å². The van der Waals surface area contributed by atoms with E-state index in [0.29, 0.717) is 0 Å². The number of carbonyl (C=O) groups excluding carboxylic acids is 2. The molecule has 1 unspecified atom stereocenters. The highest BCUT2D eigenvalue weighted by molar-refractivity contribution is 5.96. The normalized spacial score (nSPS) is 13.2. The average Bonchev–Trinajstić information content (AvgIpc) is 3.38. The van der Waals surface area contributed by atoms with Crippen LogP contribution in [0.4, 0.5) is 10.7 Å². The molecule has 2 amide bonds. The lowest BCUT2D eigenvalue weighted by molar-refractivity contribution is -0.140. The second kappa shape index (κ2) is 9.15. The Morgan fingerprint density at radius 2 is 1.67 bits per heavy atom. The number of aromatic nitrogens is 1.